The monoisotopic (exact) mass is 429 g/mol. The second-order valence-corrected chi connectivity index (χ2v) is 9.24. The predicted molar refractivity (Wildman–Crippen MR) is 124 cm³/mol. The normalized spacial score (nSPS) is 14.9. The van der Waals surface area contributed by atoms with Gasteiger partial charge >= 0.3 is 6.09 Å². The van der Waals surface area contributed by atoms with E-state index in [0.29, 0.717) is 24.2 Å². The van der Waals surface area contributed by atoms with Crippen LogP contribution in [-0.4, -0.2) is 40.5 Å². The summed E-state index contributed by atoms with van der Waals surface area (Å²) in [6.45, 7) is 6.85. The van der Waals surface area contributed by atoms with Gasteiger partial charge in [0.2, 0.25) is 0 Å². The smallest absolute Gasteiger partial charge is 0.410 e. The van der Waals surface area contributed by atoms with Crippen LogP contribution in [0.5, 0.6) is 0 Å². The number of nitrogens with zero attached hydrogens (tertiary/aromatic N) is 3. The first-order valence-electron chi connectivity index (χ1n) is 10.9. The Morgan fingerprint density at radius 3 is 2.56 bits per heavy atom. The zero-order valence-electron chi connectivity index (χ0n) is 18.7. The number of ether oxygens (including phenoxy) is 1. The molecule has 0 spiro atoms. The Hall–Kier alpha value is -3.59. The number of fused-ring (bicyclic) bond motifs is 1. The Balaban J connectivity index is 1.66. The average molecular weight is 430 g/mol. The fraction of sp³-hybridized carbons (Fsp3) is 0.346. The van der Waals surface area contributed by atoms with Gasteiger partial charge in [-0.2, -0.15) is 5.26 Å². The van der Waals surface area contributed by atoms with Crippen LogP contribution < -0.4 is 0 Å². The predicted octanol–water partition coefficient (Wildman–Crippen LogP) is 5.56. The number of aldehydes is 1. The van der Waals surface area contributed by atoms with Crippen molar-refractivity contribution in [3.8, 4) is 17.2 Å². The van der Waals surface area contributed by atoms with E-state index in [0.717, 1.165) is 41.2 Å². The molecule has 1 saturated heterocycles. The molecule has 32 heavy (non-hydrogen) atoms. The number of carbonyl (C=O) groups excluding carboxylic acids is 2. The van der Waals surface area contributed by atoms with Crippen LogP contribution in [0.1, 0.15) is 55.6 Å². The fourth-order valence-electron chi connectivity index (χ4n) is 4.28. The standard InChI is InChI=1S/C26H27N3O3/c1-26(2,3)32-25(31)28-11-9-21(10-12-28)29-16-23(20-6-4-5-18(13-20)15-27)22-8-7-19(17-30)14-24(22)29/h4-8,13-14,16-17,21H,9-12H2,1-3H3. The molecule has 6 heteroatoms. The molecule has 2 heterocycles. The molecule has 1 aliphatic heterocycles. The van der Waals surface area contributed by atoms with Crippen molar-refractivity contribution in [1.29, 1.82) is 5.26 Å². The molecular formula is C26H27N3O3. The molecule has 1 aromatic heterocycles. The van der Waals surface area contributed by atoms with Crippen molar-refractivity contribution in [2.24, 2.45) is 0 Å². The van der Waals surface area contributed by atoms with Gasteiger partial charge in [0, 0.05) is 47.4 Å². The summed E-state index contributed by atoms with van der Waals surface area (Å²) in [6, 6.07) is 15.7. The number of amides is 1. The van der Waals surface area contributed by atoms with Gasteiger partial charge in [-0.3, -0.25) is 4.79 Å². The topological polar surface area (TPSA) is 75.3 Å². The van der Waals surface area contributed by atoms with Crippen molar-refractivity contribution < 1.29 is 14.3 Å². The molecule has 1 fully saturated rings. The van der Waals surface area contributed by atoms with Crippen LogP contribution in [0.15, 0.2) is 48.7 Å². The van der Waals surface area contributed by atoms with Crippen LogP contribution in [0.25, 0.3) is 22.0 Å². The summed E-state index contributed by atoms with van der Waals surface area (Å²) in [5.41, 5.74) is 3.71. The van der Waals surface area contributed by atoms with E-state index in [2.05, 4.69) is 16.8 Å². The van der Waals surface area contributed by atoms with Crippen LogP contribution in [0.4, 0.5) is 4.79 Å². The lowest BCUT2D eigenvalue weighted by Crippen LogP contribution is -2.42. The van der Waals surface area contributed by atoms with Crippen molar-refractivity contribution in [2.45, 2.75) is 45.3 Å². The lowest BCUT2D eigenvalue weighted by atomic mass is 10.0. The van der Waals surface area contributed by atoms with Crippen LogP contribution in [0, 0.1) is 11.3 Å². The maximum Gasteiger partial charge on any atom is 0.410 e. The first kappa shape index (κ1) is 21.6. The zero-order chi connectivity index (χ0) is 22.9. The molecule has 0 atom stereocenters. The molecule has 0 unspecified atom stereocenters. The lowest BCUT2D eigenvalue weighted by Gasteiger charge is -2.34. The Labute approximate surface area is 188 Å². The minimum Gasteiger partial charge on any atom is -0.444 e. The number of nitriles is 1. The van der Waals surface area contributed by atoms with Crippen LogP contribution >= 0.6 is 0 Å². The molecule has 1 amide bonds. The Kier molecular flexibility index (Phi) is 5.75. The highest BCUT2D eigenvalue weighted by molar-refractivity contribution is 5.98. The lowest BCUT2D eigenvalue weighted by molar-refractivity contribution is 0.0189. The largest absolute Gasteiger partial charge is 0.444 e. The van der Waals surface area contributed by atoms with E-state index in [1.165, 1.54) is 0 Å². The number of hydrogen-bond donors (Lipinski definition) is 0. The molecule has 164 valence electrons. The molecule has 2 aromatic carbocycles. The molecule has 0 saturated carbocycles. The number of likely N-dealkylation sites (tertiary alicyclic amines) is 1. The first-order chi connectivity index (χ1) is 15.3. The first-order valence-corrected chi connectivity index (χ1v) is 10.9. The quantitative estimate of drug-likeness (QED) is 0.511. The minimum absolute atomic E-state index is 0.200. The highest BCUT2D eigenvalue weighted by Crippen LogP contribution is 2.36. The van der Waals surface area contributed by atoms with Crippen molar-refractivity contribution in [3.05, 3.63) is 59.8 Å². The summed E-state index contributed by atoms with van der Waals surface area (Å²) in [5, 5.41) is 10.3. The number of carbonyl (C=O) groups is 2. The molecule has 4 rings (SSSR count). The van der Waals surface area contributed by atoms with E-state index in [-0.39, 0.29) is 12.1 Å². The molecule has 0 aliphatic carbocycles. The van der Waals surface area contributed by atoms with Gasteiger partial charge in [-0.1, -0.05) is 24.3 Å². The summed E-state index contributed by atoms with van der Waals surface area (Å²) < 4.78 is 7.74. The third kappa shape index (κ3) is 4.38. The van der Waals surface area contributed by atoms with Gasteiger partial charge in [0.25, 0.3) is 0 Å². The van der Waals surface area contributed by atoms with E-state index < -0.39 is 5.60 Å². The van der Waals surface area contributed by atoms with Crippen molar-refractivity contribution in [1.82, 2.24) is 9.47 Å². The molecule has 0 N–H and O–H groups in total. The molecule has 0 radical (unpaired) electrons. The second-order valence-electron chi connectivity index (χ2n) is 9.24. The van der Waals surface area contributed by atoms with E-state index in [4.69, 9.17) is 4.74 Å². The highest BCUT2D eigenvalue weighted by Gasteiger charge is 2.28. The number of rotatable bonds is 3. The number of hydrogen-bond acceptors (Lipinski definition) is 4. The second kappa shape index (κ2) is 8.51. The van der Waals surface area contributed by atoms with Gasteiger partial charge in [0.15, 0.2) is 0 Å². The van der Waals surface area contributed by atoms with Gasteiger partial charge in [-0.05, 0) is 57.4 Å². The van der Waals surface area contributed by atoms with Gasteiger partial charge < -0.3 is 14.2 Å². The van der Waals surface area contributed by atoms with Crippen molar-refractivity contribution >= 4 is 23.3 Å². The summed E-state index contributed by atoms with van der Waals surface area (Å²) in [6.07, 6.45) is 4.30. The average Bonchev–Trinajstić information content (AvgIpc) is 3.17. The summed E-state index contributed by atoms with van der Waals surface area (Å²) in [7, 11) is 0. The van der Waals surface area contributed by atoms with E-state index in [1.54, 1.807) is 11.0 Å². The summed E-state index contributed by atoms with van der Waals surface area (Å²) in [5.74, 6) is 0. The molecule has 6 nitrogen and oxygen atoms in total. The van der Waals surface area contributed by atoms with Crippen molar-refractivity contribution in [3.63, 3.8) is 0 Å². The number of aromatic nitrogens is 1. The Bertz CT molecular complexity index is 1210. The van der Waals surface area contributed by atoms with Gasteiger partial charge in [0.05, 0.1) is 11.6 Å². The number of piperidine rings is 1. The van der Waals surface area contributed by atoms with E-state index >= 15 is 0 Å². The van der Waals surface area contributed by atoms with E-state index in [9.17, 15) is 14.9 Å². The number of benzene rings is 2. The van der Waals surface area contributed by atoms with Gasteiger partial charge in [-0.25, -0.2) is 4.79 Å². The Morgan fingerprint density at radius 1 is 1.16 bits per heavy atom. The maximum atomic E-state index is 12.4. The van der Waals surface area contributed by atoms with Crippen LogP contribution in [0.2, 0.25) is 0 Å². The minimum atomic E-state index is -0.511. The SMILES string of the molecule is CC(C)(C)OC(=O)N1CCC(n2cc(-c3cccc(C#N)c3)c3ccc(C=O)cc32)CC1. The molecule has 3 aromatic rings. The highest BCUT2D eigenvalue weighted by atomic mass is 16.6. The molecule has 0 bridgehead atoms. The van der Waals surface area contributed by atoms with Crippen molar-refractivity contribution in [2.75, 3.05) is 13.1 Å². The maximum absolute atomic E-state index is 12.4. The Morgan fingerprint density at radius 2 is 1.91 bits per heavy atom. The third-order valence-corrected chi connectivity index (χ3v) is 5.81. The molecular weight excluding hydrogens is 402 g/mol. The zero-order valence-corrected chi connectivity index (χ0v) is 18.7. The fourth-order valence-corrected chi connectivity index (χ4v) is 4.28. The van der Waals surface area contributed by atoms with E-state index in [1.807, 2.05) is 57.2 Å². The van der Waals surface area contributed by atoms with Crippen LogP contribution in [-0.2, 0) is 4.74 Å². The van der Waals surface area contributed by atoms with Gasteiger partial charge in [-0.15, -0.1) is 0 Å². The summed E-state index contributed by atoms with van der Waals surface area (Å²) >= 11 is 0. The van der Waals surface area contributed by atoms with Gasteiger partial charge in [0.1, 0.15) is 11.9 Å². The van der Waals surface area contributed by atoms with Crippen LogP contribution in [0.3, 0.4) is 0 Å². The third-order valence-electron chi connectivity index (χ3n) is 5.81. The molecule has 1 aliphatic rings. The summed E-state index contributed by atoms with van der Waals surface area (Å²) in [4.78, 5) is 25.6.